The van der Waals surface area contributed by atoms with Crippen LogP contribution in [0.25, 0.3) is 17.1 Å². The van der Waals surface area contributed by atoms with Crippen molar-refractivity contribution in [3.8, 4) is 22.8 Å². The molecule has 0 radical (unpaired) electrons. The van der Waals surface area contributed by atoms with Crippen molar-refractivity contribution in [2.24, 2.45) is 4.99 Å². The molecule has 1 fully saturated rings. The van der Waals surface area contributed by atoms with Crippen LogP contribution in [0.3, 0.4) is 0 Å². The van der Waals surface area contributed by atoms with E-state index < -0.39 is 6.36 Å². The molecule has 5 rings (SSSR count). The topological polar surface area (TPSA) is 84.6 Å². The van der Waals surface area contributed by atoms with Gasteiger partial charge in [-0.15, -0.1) is 18.3 Å². The van der Waals surface area contributed by atoms with Gasteiger partial charge in [-0.1, -0.05) is 48.2 Å². The van der Waals surface area contributed by atoms with Crippen molar-refractivity contribution >= 4 is 45.9 Å². The zero-order valence-corrected chi connectivity index (χ0v) is 24.9. The van der Waals surface area contributed by atoms with Gasteiger partial charge >= 0.3 is 6.36 Å². The highest BCUT2D eigenvalue weighted by molar-refractivity contribution is 8.15. The molecule has 1 aliphatic heterocycles. The third-order valence-electron chi connectivity index (χ3n) is 6.56. The Morgan fingerprint density at radius 1 is 1.09 bits per heavy atom. The molecule has 4 aromatic rings. The average Bonchev–Trinajstić information content (AvgIpc) is 3.59. The van der Waals surface area contributed by atoms with Gasteiger partial charge in [-0.05, 0) is 85.9 Å². The van der Waals surface area contributed by atoms with Gasteiger partial charge in [0.15, 0.2) is 16.1 Å². The second-order valence-electron chi connectivity index (χ2n) is 9.74. The molecule has 43 heavy (non-hydrogen) atoms. The maximum atomic E-state index is 12.7. The van der Waals surface area contributed by atoms with E-state index in [0.29, 0.717) is 34.1 Å². The van der Waals surface area contributed by atoms with Gasteiger partial charge in [0.05, 0.1) is 17.1 Å². The first-order valence-corrected chi connectivity index (χ1v) is 14.7. The lowest BCUT2D eigenvalue weighted by atomic mass is 10.1. The molecule has 0 unspecified atom stereocenters. The normalized spacial score (nSPS) is 14.4. The number of carbonyl (C=O) groups excluding carboxylic acids is 1. The van der Waals surface area contributed by atoms with Crippen molar-refractivity contribution in [3.63, 3.8) is 0 Å². The Labute approximate surface area is 256 Å². The number of hydrogen-bond acceptors (Lipinski definition) is 6. The van der Waals surface area contributed by atoms with E-state index in [9.17, 15) is 18.0 Å². The van der Waals surface area contributed by atoms with Gasteiger partial charge in [0, 0.05) is 12.1 Å². The number of carbonyl (C=O) groups is 1. The maximum absolute atomic E-state index is 12.7. The van der Waals surface area contributed by atoms with Crippen LogP contribution in [0.1, 0.15) is 23.1 Å². The number of halogens is 3. The van der Waals surface area contributed by atoms with E-state index in [1.165, 1.54) is 47.0 Å². The fourth-order valence-electron chi connectivity index (χ4n) is 4.62. The zero-order valence-electron chi connectivity index (χ0n) is 23.3. The number of nitrogens with zero attached hydrogens (tertiary/aromatic N) is 5. The van der Waals surface area contributed by atoms with Crippen LogP contribution in [-0.4, -0.2) is 49.6 Å². The molecule has 8 nitrogen and oxygen atoms in total. The molecular formula is C30H27F3N6O2S2. The van der Waals surface area contributed by atoms with Crippen LogP contribution in [0.15, 0.2) is 78.0 Å². The van der Waals surface area contributed by atoms with Gasteiger partial charge in [0.1, 0.15) is 12.1 Å². The van der Waals surface area contributed by atoms with Crippen molar-refractivity contribution in [1.29, 1.82) is 0 Å². The Morgan fingerprint density at radius 2 is 1.81 bits per heavy atom. The maximum Gasteiger partial charge on any atom is 0.573 e. The lowest BCUT2D eigenvalue weighted by Crippen LogP contribution is -2.32. The molecule has 1 aromatic heterocycles. The zero-order chi connectivity index (χ0) is 30.6. The standard InChI is InChI=1S/C30H27F3N6O2S2/c1-19-6-3-7-20(2)26(19)39-25(40)17-43-29(39)36-28(42)34-15-5-9-21-8-4-10-22(16-21)27-35-18-38(37-27)23-11-13-24(14-12-23)41-30(31,32)33/h3-4,6-8,10-14,16,18H,5,9,15,17H2,1-2H3,(H,34,42)/b36-29-. The first-order chi connectivity index (χ1) is 20.6. The summed E-state index contributed by atoms with van der Waals surface area (Å²) in [7, 11) is 0. The van der Waals surface area contributed by atoms with Crippen LogP contribution in [-0.2, 0) is 11.2 Å². The molecule has 0 bridgehead atoms. The van der Waals surface area contributed by atoms with Crippen LogP contribution < -0.4 is 15.0 Å². The third-order valence-corrected chi connectivity index (χ3v) is 7.72. The van der Waals surface area contributed by atoms with Crippen molar-refractivity contribution in [2.45, 2.75) is 33.1 Å². The molecule has 0 atom stereocenters. The van der Waals surface area contributed by atoms with E-state index in [1.807, 2.05) is 56.3 Å². The van der Waals surface area contributed by atoms with E-state index in [-0.39, 0.29) is 11.7 Å². The number of para-hydroxylation sites is 1. The van der Waals surface area contributed by atoms with Gasteiger partial charge in [-0.25, -0.2) is 9.67 Å². The second kappa shape index (κ2) is 13.0. The number of benzene rings is 3. The highest BCUT2D eigenvalue weighted by Crippen LogP contribution is 2.32. The smallest absolute Gasteiger partial charge is 0.406 e. The summed E-state index contributed by atoms with van der Waals surface area (Å²) in [6.45, 7) is 4.55. The number of rotatable bonds is 8. The SMILES string of the molecule is Cc1cccc(C)c1N1C(=O)CS/C1=N\C(=S)NCCCc1cccc(-c2ncn(-c3ccc(OC(F)(F)F)cc3)n2)c1. The number of alkyl halides is 3. The second-order valence-corrected chi connectivity index (χ2v) is 11.1. The number of aromatic nitrogens is 3. The highest BCUT2D eigenvalue weighted by atomic mass is 32.2. The predicted octanol–water partition coefficient (Wildman–Crippen LogP) is 6.39. The first kappa shape index (κ1) is 30.2. The molecule has 1 saturated heterocycles. The minimum Gasteiger partial charge on any atom is -0.406 e. The number of amides is 1. The minimum atomic E-state index is -4.75. The summed E-state index contributed by atoms with van der Waals surface area (Å²) in [5.41, 5.74) is 5.30. The summed E-state index contributed by atoms with van der Waals surface area (Å²) in [4.78, 5) is 23.2. The number of thioether (sulfide) groups is 1. The van der Waals surface area contributed by atoms with Crippen molar-refractivity contribution in [2.75, 3.05) is 17.2 Å². The molecular weight excluding hydrogens is 597 g/mol. The Kier molecular flexibility index (Phi) is 9.11. The van der Waals surface area contributed by atoms with E-state index in [1.54, 1.807) is 4.90 Å². The van der Waals surface area contributed by atoms with Gasteiger partial charge < -0.3 is 10.1 Å². The molecule has 2 heterocycles. The average molecular weight is 625 g/mol. The molecule has 1 N–H and O–H groups in total. The van der Waals surface area contributed by atoms with Crippen molar-refractivity contribution < 1.29 is 22.7 Å². The van der Waals surface area contributed by atoms with Crippen LogP contribution >= 0.6 is 24.0 Å². The largest absolute Gasteiger partial charge is 0.573 e. The highest BCUT2D eigenvalue weighted by Gasteiger charge is 2.32. The van der Waals surface area contributed by atoms with E-state index in [4.69, 9.17) is 12.2 Å². The van der Waals surface area contributed by atoms with Crippen molar-refractivity contribution in [3.05, 3.63) is 89.7 Å². The van der Waals surface area contributed by atoms with E-state index in [2.05, 4.69) is 25.1 Å². The Morgan fingerprint density at radius 3 is 2.53 bits per heavy atom. The van der Waals surface area contributed by atoms with E-state index >= 15 is 0 Å². The fourth-order valence-corrected chi connectivity index (χ4v) is 5.73. The number of aliphatic imine (C=N–C) groups is 1. The van der Waals surface area contributed by atoms with Crippen LogP contribution in [0.4, 0.5) is 18.9 Å². The van der Waals surface area contributed by atoms with Gasteiger partial charge in [0.25, 0.3) is 0 Å². The quantitative estimate of drug-likeness (QED) is 0.180. The Balaban J connectivity index is 1.16. The lowest BCUT2D eigenvalue weighted by molar-refractivity contribution is -0.274. The number of hydrogen-bond donors (Lipinski definition) is 1. The Bertz CT molecular complexity index is 1650. The molecule has 1 amide bonds. The van der Waals surface area contributed by atoms with Crippen molar-refractivity contribution in [1.82, 2.24) is 20.1 Å². The molecule has 222 valence electrons. The van der Waals surface area contributed by atoms with Gasteiger partial charge in [0.2, 0.25) is 5.91 Å². The monoisotopic (exact) mass is 624 g/mol. The Hall–Kier alpha value is -4.23. The minimum absolute atomic E-state index is 0.0170. The molecule has 0 aliphatic carbocycles. The number of amidine groups is 1. The van der Waals surface area contributed by atoms with Crippen LogP contribution in [0, 0.1) is 13.8 Å². The summed E-state index contributed by atoms with van der Waals surface area (Å²) < 4.78 is 42.7. The molecule has 1 aliphatic rings. The molecule has 3 aromatic carbocycles. The number of thiocarbonyl (C=S) groups is 1. The lowest BCUT2D eigenvalue weighted by Gasteiger charge is -2.21. The summed E-state index contributed by atoms with van der Waals surface area (Å²) in [6, 6.07) is 19.2. The summed E-state index contributed by atoms with van der Waals surface area (Å²) >= 11 is 6.84. The number of ether oxygens (including phenoxy) is 1. The number of aryl methyl sites for hydroxylation is 3. The van der Waals surface area contributed by atoms with Gasteiger partial charge in [-0.3, -0.25) is 9.69 Å². The third kappa shape index (κ3) is 7.59. The summed E-state index contributed by atoms with van der Waals surface area (Å²) in [6.07, 6.45) is -1.69. The molecule has 13 heteroatoms. The number of nitrogens with one attached hydrogen (secondary N) is 1. The first-order valence-electron chi connectivity index (χ1n) is 13.3. The van der Waals surface area contributed by atoms with Crippen LogP contribution in [0.2, 0.25) is 0 Å². The number of anilines is 1. The molecule has 0 spiro atoms. The summed E-state index contributed by atoms with van der Waals surface area (Å²) in [5.74, 6) is 0.488. The summed E-state index contributed by atoms with van der Waals surface area (Å²) in [5, 5.41) is 8.55. The molecule has 0 saturated carbocycles. The predicted molar refractivity (Wildman–Crippen MR) is 166 cm³/mol. The van der Waals surface area contributed by atoms with Gasteiger partial charge in [-0.2, -0.15) is 4.99 Å². The van der Waals surface area contributed by atoms with Crippen LogP contribution in [0.5, 0.6) is 5.75 Å². The fraction of sp³-hybridized carbons (Fsp3) is 0.233. The van der Waals surface area contributed by atoms with E-state index in [0.717, 1.165) is 40.8 Å².